The summed E-state index contributed by atoms with van der Waals surface area (Å²) >= 11 is 0. The second kappa shape index (κ2) is 3.01. The zero-order valence-electron chi connectivity index (χ0n) is 7.21. The molecule has 0 saturated carbocycles. The van der Waals surface area contributed by atoms with E-state index in [1.54, 1.807) is 18.2 Å². The lowest BCUT2D eigenvalue weighted by Crippen LogP contribution is -1.82. The van der Waals surface area contributed by atoms with Crippen LogP contribution in [0.2, 0.25) is 0 Å². The fraction of sp³-hybridized carbons (Fsp3) is 0.100. The topological polar surface area (TPSA) is 28.7 Å². The lowest BCUT2D eigenvalue weighted by molar-refractivity contribution is 0.630. The summed E-state index contributed by atoms with van der Waals surface area (Å²) in [6.07, 6.45) is 0. The summed E-state index contributed by atoms with van der Waals surface area (Å²) in [7, 11) is 0. The maximum atomic E-state index is 13.2. The molecule has 0 fully saturated rings. The van der Waals surface area contributed by atoms with Gasteiger partial charge in [0.15, 0.2) is 0 Å². The number of nitrogens with one attached hydrogen (secondary N) is 1. The van der Waals surface area contributed by atoms with Gasteiger partial charge in [0, 0.05) is 11.3 Å². The SMILES string of the molecule is Cc1cc(-c2ccccc2F)n[nH]1. The summed E-state index contributed by atoms with van der Waals surface area (Å²) in [5, 5.41) is 6.76. The highest BCUT2D eigenvalue weighted by Gasteiger charge is 2.05. The molecule has 2 rings (SSSR count). The van der Waals surface area contributed by atoms with Crippen molar-refractivity contribution in [2.24, 2.45) is 0 Å². The first-order chi connectivity index (χ1) is 6.27. The average Bonchev–Trinajstić information content (AvgIpc) is 2.53. The van der Waals surface area contributed by atoms with Crippen molar-refractivity contribution in [1.29, 1.82) is 0 Å². The molecule has 13 heavy (non-hydrogen) atoms. The smallest absolute Gasteiger partial charge is 0.132 e. The zero-order valence-corrected chi connectivity index (χ0v) is 7.21. The van der Waals surface area contributed by atoms with E-state index in [1.807, 2.05) is 13.0 Å². The number of halogens is 1. The number of nitrogens with zero attached hydrogens (tertiary/aromatic N) is 1. The fourth-order valence-corrected chi connectivity index (χ4v) is 1.22. The van der Waals surface area contributed by atoms with Gasteiger partial charge in [-0.2, -0.15) is 5.10 Å². The highest BCUT2D eigenvalue weighted by molar-refractivity contribution is 5.59. The van der Waals surface area contributed by atoms with E-state index < -0.39 is 0 Å². The van der Waals surface area contributed by atoms with Crippen molar-refractivity contribution in [2.45, 2.75) is 6.92 Å². The van der Waals surface area contributed by atoms with E-state index in [1.165, 1.54) is 6.07 Å². The molecule has 0 saturated heterocycles. The fourth-order valence-electron chi connectivity index (χ4n) is 1.22. The summed E-state index contributed by atoms with van der Waals surface area (Å²) < 4.78 is 13.2. The van der Waals surface area contributed by atoms with Crippen LogP contribution < -0.4 is 0 Å². The van der Waals surface area contributed by atoms with Crippen LogP contribution in [-0.2, 0) is 0 Å². The Balaban J connectivity index is 2.52. The van der Waals surface area contributed by atoms with Gasteiger partial charge in [0.25, 0.3) is 0 Å². The van der Waals surface area contributed by atoms with Gasteiger partial charge in [-0.15, -0.1) is 0 Å². The monoisotopic (exact) mass is 176 g/mol. The van der Waals surface area contributed by atoms with Crippen LogP contribution in [0.5, 0.6) is 0 Å². The molecule has 0 aliphatic rings. The van der Waals surface area contributed by atoms with Crippen molar-refractivity contribution in [3.05, 3.63) is 41.8 Å². The Hall–Kier alpha value is -1.64. The van der Waals surface area contributed by atoms with Crippen LogP contribution in [0, 0.1) is 12.7 Å². The number of hydrogen-bond acceptors (Lipinski definition) is 1. The van der Waals surface area contributed by atoms with Crippen molar-refractivity contribution in [3.8, 4) is 11.3 Å². The van der Waals surface area contributed by atoms with Gasteiger partial charge in [-0.1, -0.05) is 12.1 Å². The second-order valence-corrected chi connectivity index (χ2v) is 2.92. The Bertz CT molecular complexity index is 420. The zero-order chi connectivity index (χ0) is 9.26. The Morgan fingerprint density at radius 3 is 2.69 bits per heavy atom. The van der Waals surface area contributed by atoms with Crippen LogP contribution in [0.25, 0.3) is 11.3 Å². The quantitative estimate of drug-likeness (QED) is 0.710. The molecule has 66 valence electrons. The second-order valence-electron chi connectivity index (χ2n) is 2.92. The predicted molar refractivity (Wildman–Crippen MR) is 48.7 cm³/mol. The van der Waals surface area contributed by atoms with Crippen LogP contribution in [0.1, 0.15) is 5.69 Å². The van der Waals surface area contributed by atoms with Gasteiger partial charge in [-0.3, -0.25) is 5.10 Å². The molecule has 0 aliphatic heterocycles. The van der Waals surface area contributed by atoms with E-state index in [4.69, 9.17) is 0 Å². The van der Waals surface area contributed by atoms with Crippen molar-refractivity contribution < 1.29 is 4.39 Å². The summed E-state index contributed by atoms with van der Waals surface area (Å²) in [5.74, 6) is -0.242. The van der Waals surface area contributed by atoms with Crippen molar-refractivity contribution in [1.82, 2.24) is 10.2 Å². The van der Waals surface area contributed by atoms with Gasteiger partial charge in [0.1, 0.15) is 5.82 Å². The molecule has 0 atom stereocenters. The first-order valence-corrected chi connectivity index (χ1v) is 4.04. The molecule has 1 aromatic carbocycles. The molecular weight excluding hydrogens is 167 g/mol. The first-order valence-electron chi connectivity index (χ1n) is 4.04. The number of aryl methyl sites for hydroxylation is 1. The van der Waals surface area contributed by atoms with Crippen LogP contribution in [0.15, 0.2) is 30.3 Å². The number of aromatic amines is 1. The molecule has 0 bridgehead atoms. The largest absolute Gasteiger partial charge is 0.282 e. The Kier molecular flexibility index (Phi) is 1.85. The molecule has 0 unspecified atom stereocenters. The molecule has 1 N–H and O–H groups in total. The molecule has 0 amide bonds. The number of aromatic nitrogens is 2. The lowest BCUT2D eigenvalue weighted by atomic mass is 10.1. The molecule has 1 heterocycles. The first kappa shape index (κ1) is 7.98. The molecule has 0 radical (unpaired) electrons. The summed E-state index contributed by atoms with van der Waals surface area (Å²) in [5.41, 5.74) is 2.11. The van der Waals surface area contributed by atoms with Crippen molar-refractivity contribution >= 4 is 0 Å². The van der Waals surface area contributed by atoms with E-state index in [0.29, 0.717) is 11.3 Å². The van der Waals surface area contributed by atoms with Crippen molar-refractivity contribution in [3.63, 3.8) is 0 Å². The molecule has 1 aromatic heterocycles. The molecule has 2 aromatic rings. The average molecular weight is 176 g/mol. The van der Waals surface area contributed by atoms with E-state index >= 15 is 0 Å². The molecule has 0 spiro atoms. The van der Waals surface area contributed by atoms with Crippen LogP contribution in [0.3, 0.4) is 0 Å². The molecular formula is C10H9FN2. The maximum Gasteiger partial charge on any atom is 0.132 e. The minimum Gasteiger partial charge on any atom is -0.282 e. The van der Waals surface area contributed by atoms with Gasteiger partial charge < -0.3 is 0 Å². The summed E-state index contributed by atoms with van der Waals surface area (Å²) in [6, 6.07) is 8.42. The summed E-state index contributed by atoms with van der Waals surface area (Å²) in [4.78, 5) is 0. The minimum absolute atomic E-state index is 0.242. The third-order valence-electron chi connectivity index (χ3n) is 1.86. The van der Waals surface area contributed by atoms with Gasteiger partial charge in [-0.05, 0) is 25.1 Å². The van der Waals surface area contributed by atoms with Crippen LogP contribution in [-0.4, -0.2) is 10.2 Å². The van der Waals surface area contributed by atoms with E-state index in [-0.39, 0.29) is 5.82 Å². The summed E-state index contributed by atoms with van der Waals surface area (Å²) in [6.45, 7) is 1.89. The van der Waals surface area contributed by atoms with Gasteiger partial charge in [0.05, 0.1) is 5.69 Å². The Labute approximate surface area is 75.4 Å². The van der Waals surface area contributed by atoms with Crippen LogP contribution >= 0.6 is 0 Å². The van der Waals surface area contributed by atoms with Gasteiger partial charge in [-0.25, -0.2) is 4.39 Å². The normalized spacial score (nSPS) is 10.3. The predicted octanol–water partition coefficient (Wildman–Crippen LogP) is 2.52. The Morgan fingerprint density at radius 1 is 1.31 bits per heavy atom. The van der Waals surface area contributed by atoms with E-state index in [0.717, 1.165) is 5.69 Å². The molecule has 0 aliphatic carbocycles. The molecule has 2 nitrogen and oxygen atoms in total. The standard InChI is InChI=1S/C10H9FN2/c1-7-6-10(13-12-7)8-4-2-3-5-9(8)11/h2-6H,1H3,(H,12,13). The van der Waals surface area contributed by atoms with Crippen molar-refractivity contribution in [2.75, 3.05) is 0 Å². The van der Waals surface area contributed by atoms with E-state index in [2.05, 4.69) is 10.2 Å². The van der Waals surface area contributed by atoms with Gasteiger partial charge >= 0.3 is 0 Å². The highest BCUT2D eigenvalue weighted by Crippen LogP contribution is 2.20. The highest BCUT2D eigenvalue weighted by atomic mass is 19.1. The number of hydrogen-bond donors (Lipinski definition) is 1. The number of benzene rings is 1. The lowest BCUT2D eigenvalue weighted by Gasteiger charge is -1.96. The molecule has 3 heteroatoms. The maximum absolute atomic E-state index is 13.2. The number of H-pyrrole nitrogens is 1. The van der Waals surface area contributed by atoms with Crippen LogP contribution in [0.4, 0.5) is 4.39 Å². The third kappa shape index (κ3) is 1.45. The Morgan fingerprint density at radius 2 is 2.08 bits per heavy atom. The third-order valence-corrected chi connectivity index (χ3v) is 1.86. The minimum atomic E-state index is -0.242. The van der Waals surface area contributed by atoms with Gasteiger partial charge in [0.2, 0.25) is 0 Å². The van der Waals surface area contributed by atoms with E-state index in [9.17, 15) is 4.39 Å². The number of rotatable bonds is 1.